The Kier molecular flexibility index (Phi) is 15.0. The van der Waals surface area contributed by atoms with E-state index in [1.54, 1.807) is 6.92 Å². The van der Waals surface area contributed by atoms with E-state index in [2.05, 4.69) is 24.5 Å². The van der Waals surface area contributed by atoms with Crippen LogP contribution in [0.15, 0.2) is 18.2 Å². The van der Waals surface area contributed by atoms with Gasteiger partial charge in [0.05, 0.1) is 19.6 Å². The topological polar surface area (TPSA) is 179 Å². The van der Waals surface area contributed by atoms with Crippen LogP contribution in [0.4, 0.5) is 0 Å². The molecule has 5 rings (SSSR count). The minimum absolute atomic E-state index is 0. The van der Waals surface area contributed by atoms with Crippen LogP contribution in [0, 0.1) is 13.8 Å². The van der Waals surface area contributed by atoms with E-state index in [-0.39, 0.29) is 81.1 Å². The van der Waals surface area contributed by atoms with Gasteiger partial charge in [0.1, 0.15) is 0 Å². The van der Waals surface area contributed by atoms with Crippen LogP contribution in [0.2, 0.25) is 0 Å². The van der Waals surface area contributed by atoms with Crippen LogP contribution in [0.3, 0.4) is 0 Å². The number of rotatable bonds is 13. The van der Waals surface area contributed by atoms with Crippen molar-refractivity contribution in [3.63, 3.8) is 0 Å². The van der Waals surface area contributed by atoms with E-state index in [4.69, 9.17) is 24.7 Å². The average molecular weight is 860 g/mol. The maximum absolute atomic E-state index is 14.2. The van der Waals surface area contributed by atoms with Crippen molar-refractivity contribution in [1.82, 2.24) is 35.5 Å². The van der Waals surface area contributed by atoms with Gasteiger partial charge in [-0.05, 0) is 60.2 Å². The number of nitrogens with one attached hydrogen (secondary N) is 2. The number of likely N-dealkylation sites (N-methyl/N-ethyl adjacent to an activating group) is 1. The monoisotopic (exact) mass is 859 g/mol. The summed E-state index contributed by atoms with van der Waals surface area (Å²) in [6.07, 6.45) is 0.356. The molecule has 0 spiro atoms. The Balaban J connectivity index is 0.00000696. The van der Waals surface area contributed by atoms with Gasteiger partial charge in [0.25, 0.3) is 0 Å². The van der Waals surface area contributed by atoms with Gasteiger partial charge in [-0.3, -0.25) is 29.1 Å². The van der Waals surface area contributed by atoms with Gasteiger partial charge in [0, 0.05) is 83.6 Å². The molecule has 3 aromatic heterocycles. The Hall–Kier alpha value is -4.22. The molecule has 14 heteroatoms. The summed E-state index contributed by atoms with van der Waals surface area (Å²) in [4.78, 5) is 76.0. The molecule has 3 aromatic rings. The third-order valence-corrected chi connectivity index (χ3v) is 11.0. The van der Waals surface area contributed by atoms with Gasteiger partial charge >= 0.3 is 26.4 Å². The summed E-state index contributed by atoms with van der Waals surface area (Å²) in [5, 5.41) is 15.6. The van der Waals surface area contributed by atoms with E-state index in [9.17, 15) is 24.3 Å². The number of Topliss-reactive ketones (excluding diaryl/α,β-unsaturated/α-hetero) is 1. The Morgan fingerprint density at radius 2 is 1.52 bits per heavy atom. The number of carbonyl (C=O) groups excluding carboxylic acids is 4. The van der Waals surface area contributed by atoms with Gasteiger partial charge in [-0.2, -0.15) is 0 Å². The van der Waals surface area contributed by atoms with Gasteiger partial charge in [-0.25, -0.2) is 0 Å². The normalized spacial score (nSPS) is 18.3. The van der Waals surface area contributed by atoms with Crippen molar-refractivity contribution in [2.45, 2.75) is 104 Å². The fourth-order valence-electron chi connectivity index (χ4n) is 7.80. The van der Waals surface area contributed by atoms with Crippen LogP contribution in [-0.2, 0) is 41.2 Å². The van der Waals surface area contributed by atoms with Crippen LogP contribution >= 0.6 is 0 Å². The zero-order valence-electron chi connectivity index (χ0n) is 34.1. The fraction of sp³-hybridized carbons (Fsp3) is 0.524. The molecule has 13 nitrogen and oxygen atoms in total. The molecule has 0 radical (unpaired) electrons. The average Bonchev–Trinajstić information content (AvgIpc) is 3.81. The van der Waals surface area contributed by atoms with Gasteiger partial charge in [0.2, 0.25) is 11.8 Å². The summed E-state index contributed by atoms with van der Waals surface area (Å²) >= 11 is 0. The van der Waals surface area contributed by atoms with Gasteiger partial charge in [0.15, 0.2) is 5.78 Å². The number of ether oxygens (including phenoxy) is 1. The number of hydrogen-bond donors (Lipinski definition) is 3. The molecule has 304 valence electrons. The molecule has 0 aliphatic carbocycles. The van der Waals surface area contributed by atoms with E-state index < -0.39 is 12.1 Å². The second kappa shape index (κ2) is 18.8. The number of esters is 1. The van der Waals surface area contributed by atoms with Gasteiger partial charge in [-0.1, -0.05) is 50.1 Å². The third kappa shape index (κ3) is 9.48. The minimum atomic E-state index is -0.699. The molecule has 0 saturated heterocycles. The van der Waals surface area contributed by atoms with Crippen molar-refractivity contribution in [3.05, 3.63) is 68.8 Å². The molecule has 1 unspecified atom stereocenters. The molecule has 5 heterocycles. The molecule has 0 aromatic carbocycles. The molecule has 56 heavy (non-hydrogen) atoms. The van der Waals surface area contributed by atoms with Crippen molar-refractivity contribution in [2.75, 3.05) is 40.8 Å². The summed E-state index contributed by atoms with van der Waals surface area (Å²) in [6, 6.07) is 5.72. The van der Waals surface area contributed by atoms with Crippen LogP contribution in [0.25, 0.3) is 22.1 Å². The van der Waals surface area contributed by atoms with E-state index in [0.29, 0.717) is 75.2 Å². The molecule has 2 amide bonds. The number of hydrogen-bond acceptors (Lipinski definition) is 9. The van der Waals surface area contributed by atoms with Crippen LogP contribution in [-0.4, -0.2) is 90.5 Å². The molecule has 0 fully saturated rings. The predicted molar refractivity (Wildman–Crippen MR) is 212 cm³/mol. The molecular weight excluding hydrogens is 805 g/mol. The third-order valence-electron chi connectivity index (χ3n) is 11.0. The van der Waals surface area contributed by atoms with Crippen molar-refractivity contribution in [3.8, 4) is 0 Å². The molecular formula is C42H55N7O6Pd. The molecule has 8 bridgehead atoms. The largest absolute Gasteiger partial charge is 2.00 e. The standard InChI is InChI=1S/C42H57N7O6.Pd/c1-11-27-22(3)30-19-35-38(26(7)51)24(5)32(46-35)17-31-23(4)28(12-13-36(52)44-20-21(2)50)40(47-31)29(16-37(53)55-10)41-39(42(54)43-14-15-49(8)9)25(6)33(48-41)18-34(27)45-30;/h17-19,21-23,27-28,50H,11-16,20H2,1-10H3,(H4,43,44,45,46,47,48,51,52,54);/q;+2/p-2/t21?,22-,23+,27-,28+;/m1./s1. The number of ketones is 1. The number of aryl methyl sites for hydroxylation is 2. The maximum Gasteiger partial charge on any atom is 2.00 e. The summed E-state index contributed by atoms with van der Waals surface area (Å²) in [6.45, 7) is 14.2. The molecule has 2 aliphatic rings. The molecule has 2 aliphatic heterocycles. The smallest absolute Gasteiger partial charge is 0.657 e. The van der Waals surface area contributed by atoms with Crippen molar-refractivity contribution < 1.29 is 49.4 Å². The zero-order chi connectivity index (χ0) is 40.3. The molecule has 3 N–H and O–H groups in total. The number of nitrogens with zero attached hydrogens (tertiary/aromatic N) is 5. The van der Waals surface area contributed by atoms with E-state index in [1.165, 1.54) is 14.0 Å². The van der Waals surface area contributed by atoms with Crippen LogP contribution < -0.4 is 20.6 Å². The van der Waals surface area contributed by atoms with Crippen LogP contribution in [0.5, 0.6) is 0 Å². The van der Waals surface area contributed by atoms with Gasteiger partial charge in [-0.15, -0.1) is 22.1 Å². The fourth-order valence-corrected chi connectivity index (χ4v) is 7.80. The predicted octanol–water partition coefficient (Wildman–Crippen LogP) is 4.86. The maximum atomic E-state index is 14.2. The number of aliphatic hydroxyl groups excluding tert-OH is 1. The number of fused-ring (bicyclic) bond motifs is 8. The van der Waals surface area contributed by atoms with Gasteiger partial charge < -0.3 is 35.3 Å². The number of amides is 2. The summed E-state index contributed by atoms with van der Waals surface area (Å²) in [7, 11) is 5.17. The van der Waals surface area contributed by atoms with Crippen molar-refractivity contribution in [2.24, 2.45) is 0 Å². The van der Waals surface area contributed by atoms with E-state index in [0.717, 1.165) is 23.4 Å². The molecule has 5 atom stereocenters. The Bertz CT molecular complexity index is 2140. The number of methoxy groups -OCH3 is 1. The second-order valence-corrected chi connectivity index (χ2v) is 15.3. The van der Waals surface area contributed by atoms with Crippen LogP contribution in [0.1, 0.15) is 138 Å². The Morgan fingerprint density at radius 1 is 0.911 bits per heavy atom. The van der Waals surface area contributed by atoms with E-state index >= 15 is 0 Å². The number of aliphatic hydroxyl groups is 1. The molecule has 0 saturated carbocycles. The summed E-state index contributed by atoms with van der Waals surface area (Å²) in [5.41, 5.74) is 7.49. The summed E-state index contributed by atoms with van der Waals surface area (Å²) in [5.74, 6) is -1.76. The van der Waals surface area contributed by atoms with Crippen molar-refractivity contribution in [1.29, 1.82) is 0 Å². The van der Waals surface area contributed by atoms with E-state index in [1.807, 2.05) is 58.0 Å². The SMILES string of the molecule is CC[C@H]1c2cc3[n-]c(c(CC(=O)OC)c4nc(cc5[n-]c(cc(n2)[C@@H]1C)c(C(C)=O)c5C)[C@@H](C)[C@@H]4CCC(=O)NCC(C)O)c(C(=O)NCCN(C)C)c3C.[Pd+2]. The minimum Gasteiger partial charge on any atom is -0.657 e. The Labute approximate surface area is 342 Å². The number of aromatic nitrogens is 4. The number of carbonyl (C=O) groups is 4. The Morgan fingerprint density at radius 3 is 2.14 bits per heavy atom. The quantitative estimate of drug-likeness (QED) is 0.122. The first-order chi connectivity index (χ1) is 26.1. The first kappa shape index (κ1) is 44.5. The summed E-state index contributed by atoms with van der Waals surface area (Å²) < 4.78 is 5.21. The first-order valence-electron chi connectivity index (χ1n) is 19.2. The van der Waals surface area contributed by atoms with Crippen molar-refractivity contribution >= 4 is 45.6 Å². The zero-order valence-corrected chi connectivity index (χ0v) is 35.7. The second-order valence-electron chi connectivity index (χ2n) is 15.3. The first-order valence-corrected chi connectivity index (χ1v) is 19.2.